The molecule has 0 atom stereocenters. The lowest BCUT2D eigenvalue weighted by atomic mass is 9.97. The summed E-state index contributed by atoms with van der Waals surface area (Å²) >= 11 is 0. The highest BCUT2D eigenvalue weighted by atomic mass is 16.3. The Morgan fingerprint density at radius 3 is 2.42 bits per heavy atom. The van der Waals surface area contributed by atoms with Crippen LogP contribution in [-0.4, -0.2) is 0 Å². The van der Waals surface area contributed by atoms with E-state index in [2.05, 4.69) is 60.7 Å². The number of para-hydroxylation sites is 1. The molecule has 0 spiro atoms. The summed E-state index contributed by atoms with van der Waals surface area (Å²) in [5.74, 6) is 0. The molecule has 1 nitrogen and oxygen atoms in total. The van der Waals surface area contributed by atoms with Gasteiger partial charge < -0.3 is 4.42 Å². The minimum atomic E-state index is 0.967. The van der Waals surface area contributed by atoms with Crippen LogP contribution < -0.4 is 0 Å². The van der Waals surface area contributed by atoms with Crippen LogP contribution >= 0.6 is 0 Å². The second-order valence-electron chi connectivity index (χ2n) is 6.60. The average Bonchev–Trinajstić information content (AvgIpc) is 3.17. The number of rotatable bonds is 0. The van der Waals surface area contributed by atoms with E-state index in [-0.39, 0.29) is 0 Å². The highest BCUT2D eigenvalue weighted by Gasteiger charge is 2.22. The normalized spacial score (nSPS) is 12.8. The van der Waals surface area contributed by atoms with Crippen LogP contribution in [0.4, 0.5) is 0 Å². The highest BCUT2D eigenvalue weighted by Crippen LogP contribution is 2.44. The Labute approximate surface area is 139 Å². The maximum Gasteiger partial charge on any atom is 0.135 e. The summed E-state index contributed by atoms with van der Waals surface area (Å²) in [5, 5.41) is 5.07. The standard InChI is InChI=1S/C23H14O/c1-2-6-17-14(5-1)9-10-15-11-16-12-22-20(13-19(16)23(15)17)18-7-3-4-8-21(18)24-22/h1-10,12-13H,11H2. The molecule has 1 aliphatic rings. The smallest absolute Gasteiger partial charge is 0.135 e. The molecule has 1 heterocycles. The summed E-state index contributed by atoms with van der Waals surface area (Å²) in [4.78, 5) is 0. The fourth-order valence-electron chi connectivity index (χ4n) is 4.18. The van der Waals surface area contributed by atoms with Crippen molar-refractivity contribution < 1.29 is 4.42 Å². The molecule has 0 N–H and O–H groups in total. The Balaban J connectivity index is 1.76. The summed E-state index contributed by atoms with van der Waals surface area (Å²) in [6, 6.07) is 26.0. The molecular weight excluding hydrogens is 292 g/mol. The first kappa shape index (κ1) is 12.4. The third-order valence-electron chi connectivity index (χ3n) is 5.27. The minimum absolute atomic E-state index is 0.967. The third-order valence-corrected chi connectivity index (χ3v) is 5.27. The van der Waals surface area contributed by atoms with Crippen molar-refractivity contribution in [3.05, 3.63) is 83.9 Å². The van der Waals surface area contributed by atoms with Gasteiger partial charge in [0.25, 0.3) is 0 Å². The number of fused-ring (bicyclic) bond motifs is 8. The molecule has 1 heteroatoms. The molecule has 1 aliphatic carbocycles. The Hall–Kier alpha value is -3.06. The van der Waals surface area contributed by atoms with Crippen LogP contribution in [0.2, 0.25) is 0 Å². The Morgan fingerprint density at radius 1 is 0.625 bits per heavy atom. The molecule has 0 bridgehead atoms. The molecule has 0 fully saturated rings. The van der Waals surface area contributed by atoms with Crippen molar-refractivity contribution in [1.29, 1.82) is 0 Å². The van der Waals surface area contributed by atoms with Gasteiger partial charge >= 0.3 is 0 Å². The number of benzene rings is 4. The van der Waals surface area contributed by atoms with Gasteiger partial charge in [-0.2, -0.15) is 0 Å². The van der Waals surface area contributed by atoms with Crippen molar-refractivity contribution in [1.82, 2.24) is 0 Å². The van der Waals surface area contributed by atoms with E-state index < -0.39 is 0 Å². The molecular formula is C23H14O. The van der Waals surface area contributed by atoms with Crippen molar-refractivity contribution in [2.75, 3.05) is 0 Å². The molecule has 4 aromatic carbocycles. The van der Waals surface area contributed by atoms with Crippen LogP contribution in [0, 0.1) is 0 Å². The molecule has 0 aliphatic heterocycles. The van der Waals surface area contributed by atoms with Crippen molar-refractivity contribution in [2.45, 2.75) is 6.42 Å². The maximum absolute atomic E-state index is 6.06. The van der Waals surface area contributed by atoms with Gasteiger partial charge in [-0.3, -0.25) is 0 Å². The van der Waals surface area contributed by atoms with E-state index in [1.807, 2.05) is 12.1 Å². The van der Waals surface area contributed by atoms with Gasteiger partial charge in [0.1, 0.15) is 11.2 Å². The van der Waals surface area contributed by atoms with Crippen molar-refractivity contribution in [3.8, 4) is 11.1 Å². The van der Waals surface area contributed by atoms with Crippen LogP contribution in [0.15, 0.2) is 77.2 Å². The fourth-order valence-corrected chi connectivity index (χ4v) is 4.18. The van der Waals surface area contributed by atoms with Gasteiger partial charge in [-0.25, -0.2) is 0 Å². The summed E-state index contributed by atoms with van der Waals surface area (Å²) in [6.07, 6.45) is 0.989. The van der Waals surface area contributed by atoms with Crippen molar-refractivity contribution in [2.24, 2.45) is 0 Å². The predicted octanol–water partition coefficient (Wildman–Crippen LogP) is 6.31. The molecule has 0 saturated carbocycles. The highest BCUT2D eigenvalue weighted by molar-refractivity contribution is 6.09. The summed E-state index contributed by atoms with van der Waals surface area (Å²) in [7, 11) is 0. The molecule has 0 radical (unpaired) electrons. The lowest BCUT2D eigenvalue weighted by Gasteiger charge is -2.06. The first-order chi connectivity index (χ1) is 11.9. The van der Waals surface area contributed by atoms with Gasteiger partial charge in [-0.15, -0.1) is 0 Å². The SMILES string of the molecule is c1ccc2c3c(ccc2c1)Cc1cc2oc4ccccc4c2cc1-3. The first-order valence-electron chi connectivity index (χ1n) is 8.34. The fraction of sp³-hybridized carbons (Fsp3) is 0.0435. The van der Waals surface area contributed by atoms with Crippen LogP contribution in [0.1, 0.15) is 11.1 Å². The monoisotopic (exact) mass is 306 g/mol. The van der Waals surface area contributed by atoms with E-state index in [9.17, 15) is 0 Å². The topological polar surface area (TPSA) is 13.1 Å². The number of furan rings is 1. The van der Waals surface area contributed by atoms with E-state index in [4.69, 9.17) is 4.42 Å². The lowest BCUT2D eigenvalue weighted by molar-refractivity contribution is 0.668. The molecule has 112 valence electrons. The van der Waals surface area contributed by atoms with Crippen LogP contribution in [0.25, 0.3) is 43.8 Å². The Bertz CT molecular complexity index is 1270. The Kier molecular flexibility index (Phi) is 2.20. The zero-order valence-corrected chi connectivity index (χ0v) is 13.0. The van der Waals surface area contributed by atoms with Crippen LogP contribution in [0.5, 0.6) is 0 Å². The second-order valence-corrected chi connectivity index (χ2v) is 6.60. The zero-order valence-electron chi connectivity index (χ0n) is 13.0. The van der Waals surface area contributed by atoms with E-state index in [1.54, 1.807) is 0 Å². The van der Waals surface area contributed by atoms with Gasteiger partial charge in [0.2, 0.25) is 0 Å². The van der Waals surface area contributed by atoms with E-state index in [0.29, 0.717) is 0 Å². The van der Waals surface area contributed by atoms with E-state index in [0.717, 1.165) is 17.6 Å². The second kappa shape index (κ2) is 4.27. The summed E-state index contributed by atoms with van der Waals surface area (Å²) in [5.41, 5.74) is 7.51. The van der Waals surface area contributed by atoms with Gasteiger partial charge in [-0.1, -0.05) is 54.6 Å². The van der Waals surface area contributed by atoms with Gasteiger partial charge in [0, 0.05) is 10.8 Å². The summed E-state index contributed by atoms with van der Waals surface area (Å²) < 4.78 is 6.06. The largest absolute Gasteiger partial charge is 0.456 e. The average molecular weight is 306 g/mol. The zero-order chi connectivity index (χ0) is 15.7. The lowest BCUT2D eigenvalue weighted by Crippen LogP contribution is -1.81. The quantitative estimate of drug-likeness (QED) is 0.320. The third kappa shape index (κ3) is 1.49. The molecule has 0 unspecified atom stereocenters. The first-order valence-corrected chi connectivity index (χ1v) is 8.34. The Morgan fingerprint density at radius 2 is 1.46 bits per heavy atom. The van der Waals surface area contributed by atoms with Crippen LogP contribution in [0.3, 0.4) is 0 Å². The number of hydrogen-bond donors (Lipinski definition) is 0. The van der Waals surface area contributed by atoms with E-state index in [1.165, 1.54) is 43.8 Å². The predicted molar refractivity (Wildman–Crippen MR) is 99.5 cm³/mol. The van der Waals surface area contributed by atoms with E-state index >= 15 is 0 Å². The van der Waals surface area contributed by atoms with Crippen LogP contribution in [-0.2, 0) is 6.42 Å². The van der Waals surface area contributed by atoms with Gasteiger partial charge in [0.05, 0.1) is 0 Å². The molecule has 0 saturated heterocycles. The van der Waals surface area contributed by atoms with Crippen molar-refractivity contribution >= 4 is 32.7 Å². The molecule has 1 aromatic heterocycles. The molecule has 0 amide bonds. The van der Waals surface area contributed by atoms with Gasteiger partial charge in [0.15, 0.2) is 0 Å². The molecule has 24 heavy (non-hydrogen) atoms. The molecule has 6 rings (SSSR count). The summed E-state index contributed by atoms with van der Waals surface area (Å²) in [6.45, 7) is 0. The van der Waals surface area contributed by atoms with Crippen molar-refractivity contribution in [3.63, 3.8) is 0 Å². The number of hydrogen-bond acceptors (Lipinski definition) is 1. The van der Waals surface area contributed by atoms with Gasteiger partial charge in [-0.05, 0) is 57.6 Å². The molecule has 5 aromatic rings. The maximum atomic E-state index is 6.06. The minimum Gasteiger partial charge on any atom is -0.456 e.